The molecule has 3 aliphatic rings. The second-order valence-electron chi connectivity index (χ2n) is 12.8. The summed E-state index contributed by atoms with van der Waals surface area (Å²) in [6, 6.07) is 9.22. The van der Waals surface area contributed by atoms with Gasteiger partial charge in [-0.2, -0.15) is 8.42 Å². The van der Waals surface area contributed by atoms with Crippen LogP contribution in [0.5, 0.6) is 11.5 Å². The van der Waals surface area contributed by atoms with Crippen LogP contribution in [0.3, 0.4) is 0 Å². The van der Waals surface area contributed by atoms with E-state index in [1.54, 1.807) is 12.1 Å². The maximum Gasteiger partial charge on any atom is 0.339 e. The lowest BCUT2D eigenvalue weighted by atomic mass is 9.63. The first-order valence-corrected chi connectivity index (χ1v) is 16.8. The first-order chi connectivity index (χ1) is 19.6. The van der Waals surface area contributed by atoms with Crippen LogP contribution in [0.25, 0.3) is 0 Å². The highest BCUT2D eigenvalue weighted by atomic mass is 127. The summed E-state index contributed by atoms with van der Waals surface area (Å²) in [6.07, 6.45) is 2.21. The number of Topliss-reactive ketones (excluding diaryl/α,β-unsaturated/α-hetero) is 2. The number of carbonyl (C=O) groups excluding carboxylic acids is 2. The van der Waals surface area contributed by atoms with Gasteiger partial charge in [0, 0.05) is 52.9 Å². The summed E-state index contributed by atoms with van der Waals surface area (Å²) in [5.74, 6) is -0.265. The number of halogens is 2. The molecule has 0 N–H and O–H groups in total. The Bertz CT molecular complexity index is 1600. The second-order valence-corrected chi connectivity index (χ2v) is 16.0. The summed E-state index contributed by atoms with van der Waals surface area (Å²) in [5, 5.41) is 0.406. The SMILES string of the molecule is CCN1C2=C(C(=O)CC(C)(C)C2)C(c2cc(I)c(OS(=O)(=O)c3ccc(Cl)cc3)c(OC)c2)C2=C1CC(C)(C)CC2=O. The third kappa shape index (κ3) is 5.64. The summed E-state index contributed by atoms with van der Waals surface area (Å²) in [4.78, 5) is 30.0. The molecule has 7 nitrogen and oxygen atoms in total. The molecular formula is C32H35ClINO6S. The molecule has 2 aromatic rings. The Balaban J connectivity index is 1.68. The van der Waals surface area contributed by atoms with Gasteiger partial charge in [0.05, 0.1) is 10.7 Å². The number of allylic oxidation sites excluding steroid dienone is 4. The average Bonchev–Trinajstić information content (AvgIpc) is 2.87. The van der Waals surface area contributed by atoms with Crippen LogP contribution in [-0.4, -0.2) is 38.5 Å². The first-order valence-electron chi connectivity index (χ1n) is 13.9. The van der Waals surface area contributed by atoms with E-state index in [0.717, 1.165) is 24.2 Å². The van der Waals surface area contributed by atoms with Crippen LogP contribution in [0.4, 0.5) is 0 Å². The molecule has 0 saturated carbocycles. The van der Waals surface area contributed by atoms with E-state index in [0.29, 0.717) is 44.7 Å². The van der Waals surface area contributed by atoms with Crippen LogP contribution >= 0.6 is 34.2 Å². The zero-order chi connectivity index (χ0) is 30.8. The van der Waals surface area contributed by atoms with E-state index in [1.807, 2.05) is 22.6 Å². The Morgan fingerprint density at radius 3 is 1.93 bits per heavy atom. The van der Waals surface area contributed by atoms with E-state index in [4.69, 9.17) is 20.5 Å². The van der Waals surface area contributed by atoms with E-state index < -0.39 is 16.0 Å². The van der Waals surface area contributed by atoms with E-state index in [9.17, 15) is 18.0 Å². The van der Waals surface area contributed by atoms with E-state index >= 15 is 0 Å². The molecular weight excluding hydrogens is 689 g/mol. The van der Waals surface area contributed by atoms with Gasteiger partial charge < -0.3 is 13.8 Å². The van der Waals surface area contributed by atoms with Crippen molar-refractivity contribution in [3.8, 4) is 11.5 Å². The molecule has 0 amide bonds. The Morgan fingerprint density at radius 2 is 1.45 bits per heavy atom. The van der Waals surface area contributed by atoms with Gasteiger partial charge in [-0.25, -0.2) is 0 Å². The highest BCUT2D eigenvalue weighted by molar-refractivity contribution is 14.1. The first kappa shape index (κ1) is 31.1. The summed E-state index contributed by atoms with van der Waals surface area (Å²) in [6.45, 7) is 11.2. The van der Waals surface area contributed by atoms with Gasteiger partial charge in [-0.3, -0.25) is 9.59 Å². The quantitative estimate of drug-likeness (QED) is 0.226. The van der Waals surface area contributed by atoms with Gasteiger partial charge in [0.15, 0.2) is 23.1 Å². The summed E-state index contributed by atoms with van der Waals surface area (Å²) in [5.41, 5.74) is 3.55. The van der Waals surface area contributed by atoms with Crippen LogP contribution in [0, 0.1) is 14.4 Å². The van der Waals surface area contributed by atoms with Crippen molar-refractivity contribution in [3.05, 3.63) is 73.1 Å². The second kappa shape index (κ2) is 11.0. The van der Waals surface area contributed by atoms with Crippen LogP contribution in [0.15, 0.2) is 63.8 Å². The molecule has 0 radical (unpaired) electrons. The van der Waals surface area contributed by atoms with Crippen LogP contribution in [0.2, 0.25) is 5.02 Å². The minimum atomic E-state index is -4.19. The number of hydrogen-bond donors (Lipinski definition) is 0. The predicted molar refractivity (Wildman–Crippen MR) is 170 cm³/mol. The minimum Gasteiger partial charge on any atom is -0.493 e. The van der Waals surface area contributed by atoms with E-state index in [2.05, 4.69) is 39.5 Å². The van der Waals surface area contributed by atoms with Crippen molar-refractivity contribution >= 4 is 55.9 Å². The number of ether oxygens (including phenoxy) is 1. The topological polar surface area (TPSA) is 90.0 Å². The number of carbonyl (C=O) groups is 2. The molecule has 2 aliphatic carbocycles. The molecule has 42 heavy (non-hydrogen) atoms. The summed E-state index contributed by atoms with van der Waals surface area (Å²) < 4.78 is 38.0. The van der Waals surface area contributed by atoms with Crippen molar-refractivity contribution in [2.75, 3.05) is 13.7 Å². The number of methoxy groups -OCH3 is 1. The largest absolute Gasteiger partial charge is 0.493 e. The number of hydrogen-bond acceptors (Lipinski definition) is 7. The zero-order valence-electron chi connectivity index (χ0n) is 24.6. The highest BCUT2D eigenvalue weighted by Gasteiger charge is 2.49. The van der Waals surface area contributed by atoms with E-state index in [1.165, 1.54) is 31.4 Å². The molecule has 10 heteroatoms. The molecule has 224 valence electrons. The van der Waals surface area contributed by atoms with Gasteiger partial charge in [-0.15, -0.1) is 0 Å². The van der Waals surface area contributed by atoms with Crippen molar-refractivity contribution < 1.29 is 26.9 Å². The molecule has 2 aromatic carbocycles. The normalized spacial score (nSPS) is 20.4. The monoisotopic (exact) mass is 723 g/mol. The van der Waals surface area contributed by atoms with Crippen molar-refractivity contribution in [1.82, 2.24) is 4.90 Å². The molecule has 0 bridgehead atoms. The number of rotatable bonds is 6. The molecule has 5 rings (SSSR count). The lowest BCUT2D eigenvalue weighted by Gasteiger charge is -2.49. The van der Waals surface area contributed by atoms with Gasteiger partial charge in [-0.1, -0.05) is 39.3 Å². The number of benzene rings is 2. The van der Waals surface area contributed by atoms with Crippen molar-refractivity contribution in [2.24, 2.45) is 10.8 Å². The molecule has 1 heterocycles. The molecule has 0 atom stereocenters. The maximum atomic E-state index is 13.9. The van der Waals surface area contributed by atoms with E-state index in [-0.39, 0.29) is 38.8 Å². The highest BCUT2D eigenvalue weighted by Crippen LogP contribution is 2.55. The van der Waals surface area contributed by atoms with Gasteiger partial charge in [-0.05, 0) is 95.1 Å². The van der Waals surface area contributed by atoms with Crippen molar-refractivity contribution in [3.63, 3.8) is 0 Å². The lowest BCUT2D eigenvalue weighted by molar-refractivity contribution is -0.119. The smallest absolute Gasteiger partial charge is 0.339 e. The number of nitrogens with zero attached hydrogens (tertiary/aromatic N) is 1. The van der Waals surface area contributed by atoms with Gasteiger partial charge in [0.25, 0.3) is 0 Å². The third-order valence-electron chi connectivity index (χ3n) is 8.22. The molecule has 0 aromatic heterocycles. The zero-order valence-corrected chi connectivity index (χ0v) is 28.4. The Kier molecular flexibility index (Phi) is 8.11. The minimum absolute atomic E-state index is 0.0356. The third-order valence-corrected chi connectivity index (χ3v) is 10.5. The number of ketones is 2. The molecule has 0 spiro atoms. The molecule has 0 fully saturated rings. The van der Waals surface area contributed by atoms with Crippen molar-refractivity contribution in [1.29, 1.82) is 0 Å². The molecule has 1 aliphatic heterocycles. The molecule has 0 unspecified atom stereocenters. The standard InChI is InChI=1S/C32H35ClINO6S/c1-7-35-22-14-31(2,3)16-24(36)28(22)27(29-23(35)15-32(4,5)17-25(29)37)18-12-21(34)30(26(13-18)40-6)41-42(38,39)20-10-8-19(33)9-11-20/h8-13,27H,7,14-17H2,1-6H3. The summed E-state index contributed by atoms with van der Waals surface area (Å²) in [7, 11) is -2.75. The van der Waals surface area contributed by atoms with Gasteiger partial charge >= 0.3 is 10.1 Å². The fraction of sp³-hybridized carbons (Fsp3) is 0.438. The Hall–Kier alpha value is -2.37. The van der Waals surface area contributed by atoms with Gasteiger partial charge in [0.1, 0.15) is 4.90 Å². The molecule has 0 saturated heterocycles. The van der Waals surface area contributed by atoms with Crippen LogP contribution in [-0.2, 0) is 19.7 Å². The fourth-order valence-corrected chi connectivity index (χ4v) is 8.48. The van der Waals surface area contributed by atoms with Crippen LogP contribution < -0.4 is 8.92 Å². The van der Waals surface area contributed by atoms with Crippen LogP contribution in [0.1, 0.15) is 71.8 Å². The average molecular weight is 724 g/mol. The van der Waals surface area contributed by atoms with Gasteiger partial charge in [0.2, 0.25) is 0 Å². The Labute approximate surface area is 266 Å². The fourth-order valence-electron chi connectivity index (χ4n) is 6.51. The summed E-state index contributed by atoms with van der Waals surface area (Å²) >= 11 is 7.96. The lowest BCUT2D eigenvalue weighted by Crippen LogP contribution is -2.44. The predicted octanol–water partition coefficient (Wildman–Crippen LogP) is 7.43. The Morgan fingerprint density at radius 1 is 0.929 bits per heavy atom. The van der Waals surface area contributed by atoms with Crippen molar-refractivity contribution in [2.45, 2.75) is 71.1 Å². The maximum absolute atomic E-state index is 13.9.